The number of carbonyl (C=O) groups excluding carboxylic acids is 1. The van der Waals surface area contributed by atoms with Gasteiger partial charge in [-0.1, -0.05) is 6.42 Å². The highest BCUT2D eigenvalue weighted by Crippen LogP contribution is 2.37. The van der Waals surface area contributed by atoms with Crippen LogP contribution in [-0.4, -0.2) is 50.7 Å². The van der Waals surface area contributed by atoms with Crippen LogP contribution in [0.4, 0.5) is 0 Å². The van der Waals surface area contributed by atoms with Crippen LogP contribution in [0.3, 0.4) is 0 Å². The maximum absolute atomic E-state index is 12.3. The first kappa shape index (κ1) is 13.0. The highest BCUT2D eigenvalue weighted by molar-refractivity contribution is 5.91. The summed E-state index contributed by atoms with van der Waals surface area (Å²) in [5.41, 5.74) is 0. The van der Waals surface area contributed by atoms with E-state index in [4.69, 9.17) is 0 Å². The van der Waals surface area contributed by atoms with Gasteiger partial charge in [-0.15, -0.1) is 10.2 Å². The summed E-state index contributed by atoms with van der Waals surface area (Å²) in [7, 11) is 0. The molecular formula is C16H23N5O. The fraction of sp³-hybridized carbons (Fsp3) is 0.812. The van der Waals surface area contributed by atoms with Crippen molar-refractivity contribution < 1.29 is 4.79 Å². The normalized spacial score (nSPS) is 31.5. The zero-order valence-corrected chi connectivity index (χ0v) is 12.9. The minimum absolute atomic E-state index is 0.0338. The number of amides is 1. The number of fused-ring (bicyclic) bond motifs is 2. The quantitative estimate of drug-likeness (QED) is 0.898. The molecule has 2 saturated carbocycles. The first-order valence-corrected chi connectivity index (χ1v) is 8.75. The summed E-state index contributed by atoms with van der Waals surface area (Å²) in [5.74, 6) is 2.88. The zero-order valence-electron chi connectivity index (χ0n) is 12.9. The summed E-state index contributed by atoms with van der Waals surface area (Å²) >= 11 is 0. The number of nitrogens with zero attached hydrogens (tertiary/aromatic N) is 4. The molecule has 2 aliphatic carbocycles. The molecule has 4 aliphatic rings. The molecule has 0 spiro atoms. The van der Waals surface area contributed by atoms with Crippen LogP contribution >= 0.6 is 0 Å². The van der Waals surface area contributed by atoms with Gasteiger partial charge >= 0.3 is 0 Å². The standard InChI is InChI=1S/C16H23N5O/c22-16(17-12-4-5-12)15-19-18-14-6-10-7-20(13-2-1-3-13)8-11(10)9-21(14)15/h10-13H,1-9H2,(H,17,22)/t10-,11-/m0/s1. The number of carbonyl (C=O) groups is 1. The maximum Gasteiger partial charge on any atom is 0.289 e. The van der Waals surface area contributed by atoms with E-state index in [1.54, 1.807) is 0 Å². The van der Waals surface area contributed by atoms with E-state index in [0.717, 1.165) is 37.7 Å². The van der Waals surface area contributed by atoms with E-state index in [0.29, 0.717) is 23.7 Å². The van der Waals surface area contributed by atoms with Crippen LogP contribution in [0.2, 0.25) is 0 Å². The van der Waals surface area contributed by atoms with E-state index in [-0.39, 0.29) is 5.91 Å². The summed E-state index contributed by atoms with van der Waals surface area (Å²) in [4.78, 5) is 15.0. The molecule has 0 bridgehead atoms. The molecule has 6 nitrogen and oxygen atoms in total. The van der Waals surface area contributed by atoms with Crippen molar-refractivity contribution >= 4 is 5.91 Å². The number of rotatable bonds is 3. The van der Waals surface area contributed by atoms with E-state index in [9.17, 15) is 4.79 Å². The topological polar surface area (TPSA) is 63.1 Å². The lowest BCUT2D eigenvalue weighted by Crippen LogP contribution is -2.38. The molecule has 6 heteroatoms. The van der Waals surface area contributed by atoms with Gasteiger partial charge in [0, 0.05) is 38.1 Å². The van der Waals surface area contributed by atoms with Gasteiger partial charge in [-0.3, -0.25) is 9.69 Å². The molecule has 2 aliphatic heterocycles. The number of hydrogen-bond donors (Lipinski definition) is 1. The molecule has 1 aromatic heterocycles. The van der Waals surface area contributed by atoms with Crippen molar-refractivity contribution in [2.45, 2.75) is 57.2 Å². The molecule has 1 N–H and O–H groups in total. The molecule has 1 aromatic rings. The predicted molar refractivity (Wildman–Crippen MR) is 80.4 cm³/mol. The van der Waals surface area contributed by atoms with Gasteiger partial charge in [0.1, 0.15) is 5.82 Å². The lowest BCUT2D eigenvalue weighted by atomic mass is 9.89. The zero-order chi connectivity index (χ0) is 14.7. The van der Waals surface area contributed by atoms with Crippen LogP contribution in [0, 0.1) is 11.8 Å². The van der Waals surface area contributed by atoms with Gasteiger partial charge in [-0.25, -0.2) is 0 Å². The van der Waals surface area contributed by atoms with Crippen LogP contribution in [0.5, 0.6) is 0 Å². The van der Waals surface area contributed by atoms with Crippen LogP contribution in [0.1, 0.15) is 48.5 Å². The summed E-state index contributed by atoms with van der Waals surface area (Å²) in [6.45, 7) is 3.33. The van der Waals surface area contributed by atoms with E-state index in [1.165, 1.54) is 32.4 Å². The van der Waals surface area contributed by atoms with Crippen molar-refractivity contribution in [1.29, 1.82) is 0 Å². The number of nitrogens with one attached hydrogen (secondary N) is 1. The first-order valence-electron chi connectivity index (χ1n) is 8.75. The first-order chi connectivity index (χ1) is 10.8. The third-order valence-electron chi connectivity index (χ3n) is 6.00. The number of aromatic nitrogens is 3. The third kappa shape index (κ3) is 2.07. The molecule has 3 fully saturated rings. The van der Waals surface area contributed by atoms with Gasteiger partial charge in [-0.05, 0) is 37.5 Å². The van der Waals surface area contributed by atoms with Gasteiger partial charge in [0.05, 0.1) is 0 Å². The summed E-state index contributed by atoms with van der Waals surface area (Å²) in [5, 5.41) is 11.5. The Bertz CT molecular complexity index is 604. The molecule has 22 heavy (non-hydrogen) atoms. The summed E-state index contributed by atoms with van der Waals surface area (Å²) < 4.78 is 2.09. The minimum atomic E-state index is -0.0338. The SMILES string of the molecule is O=C(NC1CC1)c1nnc2n1C[C@@H]1CN(C3CCC3)C[C@@H]1C2. The fourth-order valence-electron chi connectivity index (χ4n) is 4.26. The molecular weight excluding hydrogens is 278 g/mol. The fourth-order valence-corrected chi connectivity index (χ4v) is 4.26. The maximum atomic E-state index is 12.3. The summed E-state index contributed by atoms with van der Waals surface area (Å²) in [6, 6.07) is 1.20. The highest BCUT2D eigenvalue weighted by atomic mass is 16.2. The van der Waals surface area contributed by atoms with Crippen LogP contribution in [-0.2, 0) is 13.0 Å². The van der Waals surface area contributed by atoms with Crippen molar-refractivity contribution in [2.75, 3.05) is 13.1 Å². The number of likely N-dealkylation sites (tertiary alicyclic amines) is 1. The molecule has 0 unspecified atom stereocenters. The third-order valence-corrected chi connectivity index (χ3v) is 6.00. The Morgan fingerprint density at radius 1 is 1.05 bits per heavy atom. The average Bonchev–Trinajstić information content (AvgIpc) is 3.01. The Morgan fingerprint density at radius 2 is 1.86 bits per heavy atom. The minimum Gasteiger partial charge on any atom is -0.347 e. The predicted octanol–water partition coefficient (Wildman–Crippen LogP) is 0.827. The van der Waals surface area contributed by atoms with Crippen molar-refractivity contribution in [3.8, 4) is 0 Å². The van der Waals surface area contributed by atoms with Gasteiger partial charge < -0.3 is 9.88 Å². The van der Waals surface area contributed by atoms with Gasteiger partial charge in [0.25, 0.3) is 5.91 Å². The molecule has 1 amide bonds. The Kier molecular flexibility index (Phi) is 2.84. The van der Waals surface area contributed by atoms with Crippen LogP contribution in [0.25, 0.3) is 0 Å². The molecule has 0 radical (unpaired) electrons. The summed E-state index contributed by atoms with van der Waals surface area (Å²) in [6.07, 6.45) is 7.34. The molecule has 1 saturated heterocycles. The monoisotopic (exact) mass is 301 g/mol. The van der Waals surface area contributed by atoms with E-state index >= 15 is 0 Å². The molecule has 0 aromatic carbocycles. The number of hydrogen-bond acceptors (Lipinski definition) is 4. The lowest BCUT2D eigenvalue weighted by molar-refractivity contribution is 0.0932. The highest BCUT2D eigenvalue weighted by Gasteiger charge is 2.42. The molecule has 3 heterocycles. The average molecular weight is 301 g/mol. The van der Waals surface area contributed by atoms with E-state index in [2.05, 4.69) is 25.0 Å². The van der Waals surface area contributed by atoms with E-state index < -0.39 is 0 Å². The second-order valence-corrected chi connectivity index (χ2v) is 7.56. The Labute approximate surface area is 130 Å². The Hall–Kier alpha value is -1.43. The van der Waals surface area contributed by atoms with Crippen LogP contribution in [0.15, 0.2) is 0 Å². The van der Waals surface area contributed by atoms with Gasteiger partial charge in [0.2, 0.25) is 5.82 Å². The second-order valence-electron chi connectivity index (χ2n) is 7.56. The van der Waals surface area contributed by atoms with Gasteiger partial charge in [0.15, 0.2) is 0 Å². The van der Waals surface area contributed by atoms with Crippen molar-refractivity contribution in [2.24, 2.45) is 11.8 Å². The Morgan fingerprint density at radius 3 is 2.59 bits per heavy atom. The molecule has 2 atom stereocenters. The molecule has 118 valence electrons. The van der Waals surface area contributed by atoms with Crippen molar-refractivity contribution in [3.05, 3.63) is 11.6 Å². The largest absolute Gasteiger partial charge is 0.347 e. The second kappa shape index (κ2) is 4.78. The molecule has 5 rings (SSSR count). The van der Waals surface area contributed by atoms with Crippen molar-refractivity contribution in [1.82, 2.24) is 25.0 Å². The van der Waals surface area contributed by atoms with Crippen molar-refractivity contribution in [3.63, 3.8) is 0 Å². The lowest BCUT2D eigenvalue weighted by Gasteiger charge is -2.34. The Balaban J connectivity index is 1.33. The van der Waals surface area contributed by atoms with Crippen LogP contribution < -0.4 is 5.32 Å². The smallest absolute Gasteiger partial charge is 0.289 e. The van der Waals surface area contributed by atoms with Gasteiger partial charge in [-0.2, -0.15) is 0 Å². The van der Waals surface area contributed by atoms with E-state index in [1.807, 2.05) is 0 Å².